The van der Waals surface area contributed by atoms with Crippen LogP contribution in [0.25, 0.3) is 10.6 Å². The molecular weight excluding hydrogens is 510 g/mol. The number of benzene rings is 2. The maximum absolute atomic E-state index is 13.1. The number of carbonyl (C=O) groups excluding carboxylic acids is 2. The molecule has 2 aromatic carbocycles. The van der Waals surface area contributed by atoms with Crippen LogP contribution in [0.1, 0.15) is 67.8 Å². The van der Waals surface area contributed by atoms with Crippen LogP contribution < -0.4 is 10.1 Å². The monoisotopic (exact) mass is 547 g/mol. The van der Waals surface area contributed by atoms with Crippen LogP contribution >= 0.6 is 11.3 Å². The summed E-state index contributed by atoms with van der Waals surface area (Å²) in [5.74, 6) is 1.68. The standard InChI is InChI=1S/C30H35N5O3S.H2/c1-19(2)28-32-33-29(39-28)20-8-10-24(11-9-20)38-25-13-21(6-7-22(25)16-35-12-4-5-26(35)36)27(37)31-23-14-30(15-23)17-34(3)18-30;/h6-11,13,19,23H,4-5,12,14-18H2,1-3H3,(H,31,37);1H. The summed E-state index contributed by atoms with van der Waals surface area (Å²) in [6.07, 6.45) is 3.54. The lowest BCUT2D eigenvalue weighted by Gasteiger charge is -2.58. The Balaban J connectivity index is 0.00000323. The normalized spacial score (nSPS) is 18.9. The van der Waals surface area contributed by atoms with Crippen molar-refractivity contribution in [2.75, 3.05) is 26.7 Å². The van der Waals surface area contributed by atoms with Gasteiger partial charge in [-0.1, -0.05) is 31.3 Å². The highest BCUT2D eigenvalue weighted by Gasteiger charge is 2.51. The van der Waals surface area contributed by atoms with Gasteiger partial charge in [0.05, 0.1) is 0 Å². The van der Waals surface area contributed by atoms with E-state index in [1.54, 1.807) is 11.3 Å². The number of rotatable bonds is 8. The van der Waals surface area contributed by atoms with Crippen molar-refractivity contribution in [3.05, 3.63) is 58.6 Å². The van der Waals surface area contributed by atoms with Crippen LogP contribution in [0.15, 0.2) is 42.5 Å². The van der Waals surface area contributed by atoms with E-state index in [1.165, 1.54) is 0 Å². The number of hydrogen-bond acceptors (Lipinski definition) is 7. The first-order chi connectivity index (χ1) is 18.8. The van der Waals surface area contributed by atoms with Crippen LogP contribution in [0.2, 0.25) is 0 Å². The van der Waals surface area contributed by atoms with E-state index < -0.39 is 0 Å². The molecule has 2 saturated heterocycles. The van der Waals surface area contributed by atoms with Crippen LogP contribution in [0.5, 0.6) is 11.5 Å². The molecule has 1 saturated carbocycles. The van der Waals surface area contributed by atoms with E-state index in [9.17, 15) is 9.59 Å². The van der Waals surface area contributed by atoms with Crippen molar-refractivity contribution in [3.63, 3.8) is 0 Å². The molecule has 8 nitrogen and oxygen atoms in total. The summed E-state index contributed by atoms with van der Waals surface area (Å²) in [5, 5.41) is 13.7. The first kappa shape index (κ1) is 26.0. The molecule has 1 aromatic heterocycles. The Morgan fingerprint density at radius 2 is 1.95 bits per heavy atom. The molecule has 3 aliphatic rings. The van der Waals surface area contributed by atoms with Gasteiger partial charge in [-0.25, -0.2) is 0 Å². The minimum atomic E-state index is -0.0799. The lowest BCUT2D eigenvalue weighted by atomic mass is 9.61. The highest BCUT2D eigenvalue weighted by Crippen LogP contribution is 2.47. The lowest BCUT2D eigenvalue weighted by molar-refractivity contribution is -0.128. The highest BCUT2D eigenvalue weighted by molar-refractivity contribution is 7.14. The zero-order chi connectivity index (χ0) is 27.1. The van der Waals surface area contributed by atoms with E-state index in [-0.39, 0.29) is 19.3 Å². The Bertz CT molecular complexity index is 1380. The van der Waals surface area contributed by atoms with Crippen LogP contribution in [-0.4, -0.2) is 64.5 Å². The van der Waals surface area contributed by atoms with E-state index >= 15 is 0 Å². The molecule has 1 spiro atoms. The molecule has 2 aliphatic heterocycles. The molecule has 3 heterocycles. The average Bonchev–Trinajstić information content (AvgIpc) is 3.53. The van der Waals surface area contributed by atoms with E-state index in [0.717, 1.165) is 60.0 Å². The number of nitrogens with zero attached hydrogens (tertiary/aromatic N) is 4. The molecule has 3 fully saturated rings. The molecular formula is C30H37N5O3S. The van der Waals surface area contributed by atoms with Gasteiger partial charge in [0.1, 0.15) is 21.5 Å². The molecule has 1 N–H and O–H groups in total. The molecule has 3 aromatic rings. The smallest absolute Gasteiger partial charge is 0.251 e. The number of ether oxygens (including phenoxy) is 1. The Labute approximate surface area is 234 Å². The Kier molecular flexibility index (Phi) is 6.89. The molecule has 0 radical (unpaired) electrons. The van der Waals surface area contributed by atoms with Gasteiger partial charge in [0.25, 0.3) is 5.91 Å². The third-order valence-electron chi connectivity index (χ3n) is 8.03. The fraction of sp³-hybridized carbons (Fsp3) is 0.467. The summed E-state index contributed by atoms with van der Waals surface area (Å²) in [7, 11) is 2.14. The molecule has 9 heteroatoms. The van der Waals surface area contributed by atoms with E-state index in [0.29, 0.717) is 41.4 Å². The predicted octanol–water partition coefficient (Wildman–Crippen LogP) is 5.31. The van der Waals surface area contributed by atoms with Gasteiger partial charge in [0.2, 0.25) is 5.91 Å². The highest BCUT2D eigenvalue weighted by atomic mass is 32.1. The van der Waals surface area contributed by atoms with E-state index in [1.807, 2.05) is 47.4 Å². The van der Waals surface area contributed by atoms with Gasteiger partial charge < -0.3 is 19.9 Å². The summed E-state index contributed by atoms with van der Waals surface area (Å²) in [6, 6.07) is 13.6. The maximum atomic E-state index is 13.1. The quantitative estimate of drug-likeness (QED) is 0.411. The molecule has 206 valence electrons. The van der Waals surface area contributed by atoms with Gasteiger partial charge >= 0.3 is 0 Å². The van der Waals surface area contributed by atoms with Crippen LogP contribution in [0.3, 0.4) is 0 Å². The average molecular weight is 548 g/mol. The van der Waals surface area contributed by atoms with Gasteiger partial charge in [0.15, 0.2) is 0 Å². The zero-order valence-corrected chi connectivity index (χ0v) is 23.6. The second-order valence-electron chi connectivity index (χ2n) is 11.7. The van der Waals surface area contributed by atoms with Crippen molar-refractivity contribution < 1.29 is 15.8 Å². The molecule has 2 amide bonds. The summed E-state index contributed by atoms with van der Waals surface area (Å²) in [5.41, 5.74) is 2.85. The Morgan fingerprint density at radius 3 is 2.59 bits per heavy atom. The largest absolute Gasteiger partial charge is 0.457 e. The third kappa shape index (κ3) is 5.43. The minimum Gasteiger partial charge on any atom is -0.457 e. The number of hydrogen-bond donors (Lipinski definition) is 1. The number of carbonyl (C=O) groups is 2. The first-order valence-corrected chi connectivity index (χ1v) is 14.6. The van der Waals surface area contributed by atoms with Gasteiger partial charge in [-0.05, 0) is 68.1 Å². The molecule has 39 heavy (non-hydrogen) atoms. The second-order valence-corrected chi connectivity index (χ2v) is 12.7. The molecule has 0 unspecified atom stereocenters. The Morgan fingerprint density at radius 1 is 1.18 bits per heavy atom. The van der Waals surface area contributed by atoms with Gasteiger partial charge in [-0.15, -0.1) is 10.2 Å². The maximum Gasteiger partial charge on any atom is 0.251 e. The van der Waals surface area contributed by atoms with E-state index in [4.69, 9.17) is 4.74 Å². The SMILES string of the molecule is CC(C)c1nnc(-c2ccc(Oc3cc(C(=O)NC4CC5(C4)CN(C)C5)ccc3CN3CCCC3=O)cc2)s1.[HH]. The van der Waals surface area contributed by atoms with Crippen molar-refractivity contribution >= 4 is 23.2 Å². The summed E-state index contributed by atoms with van der Waals surface area (Å²) in [4.78, 5) is 29.6. The first-order valence-electron chi connectivity index (χ1n) is 13.8. The number of amides is 2. The van der Waals surface area contributed by atoms with Gasteiger partial charge in [-0.3, -0.25) is 9.59 Å². The van der Waals surface area contributed by atoms with Crippen LogP contribution in [-0.2, 0) is 11.3 Å². The van der Waals surface area contributed by atoms with Gasteiger partial charge in [0, 0.05) is 62.7 Å². The number of nitrogens with one attached hydrogen (secondary N) is 1. The number of aromatic nitrogens is 2. The summed E-state index contributed by atoms with van der Waals surface area (Å²) in [6.45, 7) is 7.68. The second kappa shape index (κ2) is 10.4. The predicted molar refractivity (Wildman–Crippen MR) is 153 cm³/mol. The molecule has 6 rings (SSSR count). The Hall–Kier alpha value is -3.30. The van der Waals surface area contributed by atoms with Crippen molar-refractivity contribution in [1.82, 2.24) is 25.3 Å². The molecule has 0 atom stereocenters. The van der Waals surface area contributed by atoms with E-state index in [2.05, 4.69) is 41.3 Å². The van der Waals surface area contributed by atoms with Crippen LogP contribution in [0.4, 0.5) is 0 Å². The minimum absolute atomic E-state index is 0. The number of likely N-dealkylation sites (tertiary alicyclic amines) is 2. The third-order valence-corrected chi connectivity index (χ3v) is 9.30. The van der Waals surface area contributed by atoms with Crippen molar-refractivity contribution in [1.29, 1.82) is 0 Å². The fourth-order valence-electron chi connectivity index (χ4n) is 6.09. The summed E-state index contributed by atoms with van der Waals surface area (Å²) >= 11 is 1.60. The fourth-order valence-corrected chi connectivity index (χ4v) is 6.94. The van der Waals surface area contributed by atoms with Crippen molar-refractivity contribution in [2.24, 2.45) is 5.41 Å². The summed E-state index contributed by atoms with van der Waals surface area (Å²) < 4.78 is 6.34. The zero-order valence-electron chi connectivity index (χ0n) is 22.8. The van der Waals surface area contributed by atoms with Crippen molar-refractivity contribution in [3.8, 4) is 22.1 Å². The molecule has 0 bridgehead atoms. The van der Waals surface area contributed by atoms with Crippen molar-refractivity contribution in [2.45, 2.75) is 58.0 Å². The lowest BCUT2D eigenvalue weighted by Crippen LogP contribution is -2.65. The van der Waals surface area contributed by atoms with Gasteiger partial charge in [-0.2, -0.15) is 0 Å². The topological polar surface area (TPSA) is 87.7 Å². The van der Waals surface area contributed by atoms with Crippen LogP contribution in [0, 0.1) is 5.41 Å². The molecule has 1 aliphatic carbocycles.